The Morgan fingerprint density at radius 2 is 1.80 bits per heavy atom. The largest absolute Gasteiger partial charge is 0.454 e. The van der Waals surface area contributed by atoms with Gasteiger partial charge >= 0.3 is 0 Å². The summed E-state index contributed by atoms with van der Waals surface area (Å²) in [5.41, 5.74) is 2.77. The first-order chi connectivity index (χ1) is 14.5. The molecule has 0 amide bonds. The minimum atomic E-state index is -2.01. The van der Waals surface area contributed by atoms with Crippen LogP contribution in [0.1, 0.15) is 24.1 Å². The van der Waals surface area contributed by atoms with Crippen LogP contribution in [0.25, 0.3) is 11.3 Å². The molecule has 30 heavy (non-hydrogen) atoms. The summed E-state index contributed by atoms with van der Waals surface area (Å²) in [4.78, 5) is 18.2. The molecule has 1 atom stereocenters. The standard InChI is InChI=1S/C23H19NO5S/c25-22(23(10-11-23)16-6-9-20-21(12-16)29-14-28-20)13-17-2-1-3-19(24-17)15-4-7-18(8-5-15)30(26)27/h1-9,12H,10-11,13-14H2,(H,26,27). The van der Waals surface area contributed by atoms with Crippen molar-refractivity contribution in [1.82, 2.24) is 4.98 Å². The van der Waals surface area contributed by atoms with E-state index in [-0.39, 0.29) is 19.0 Å². The van der Waals surface area contributed by atoms with Crippen molar-refractivity contribution in [2.75, 3.05) is 6.79 Å². The molecule has 1 aromatic heterocycles. The van der Waals surface area contributed by atoms with Gasteiger partial charge in [0.1, 0.15) is 5.78 Å². The van der Waals surface area contributed by atoms with Gasteiger partial charge < -0.3 is 14.0 Å². The number of fused-ring (bicyclic) bond motifs is 1. The second kappa shape index (κ2) is 7.34. The predicted molar refractivity (Wildman–Crippen MR) is 111 cm³/mol. The van der Waals surface area contributed by atoms with Gasteiger partial charge in [0.05, 0.1) is 16.0 Å². The van der Waals surface area contributed by atoms with Crippen LogP contribution in [0.15, 0.2) is 65.6 Å². The van der Waals surface area contributed by atoms with E-state index in [1.807, 2.05) is 36.4 Å². The van der Waals surface area contributed by atoms with Gasteiger partial charge in [-0.05, 0) is 54.8 Å². The summed E-state index contributed by atoms with van der Waals surface area (Å²) in [5, 5.41) is 0. The van der Waals surface area contributed by atoms with Crippen molar-refractivity contribution >= 4 is 16.9 Å². The molecule has 2 aliphatic rings. The minimum Gasteiger partial charge on any atom is -0.454 e. The van der Waals surface area contributed by atoms with Gasteiger partial charge in [0.2, 0.25) is 6.79 Å². The second-order valence-electron chi connectivity index (χ2n) is 7.54. The molecule has 1 unspecified atom stereocenters. The lowest BCUT2D eigenvalue weighted by Crippen LogP contribution is -2.23. The maximum Gasteiger partial charge on any atom is 0.231 e. The van der Waals surface area contributed by atoms with Gasteiger partial charge in [-0.1, -0.05) is 24.3 Å². The maximum atomic E-state index is 13.2. The van der Waals surface area contributed by atoms with Gasteiger partial charge in [0, 0.05) is 17.7 Å². The van der Waals surface area contributed by atoms with Crippen LogP contribution in [0.5, 0.6) is 11.5 Å². The topological polar surface area (TPSA) is 85.7 Å². The van der Waals surface area contributed by atoms with E-state index in [4.69, 9.17) is 14.0 Å². The first-order valence-electron chi connectivity index (χ1n) is 9.66. The average molecular weight is 421 g/mol. The van der Waals surface area contributed by atoms with Crippen LogP contribution in [-0.4, -0.2) is 26.3 Å². The molecule has 2 heterocycles. The average Bonchev–Trinajstić information content (AvgIpc) is 3.45. The lowest BCUT2D eigenvalue weighted by molar-refractivity contribution is -0.120. The van der Waals surface area contributed by atoms with Crippen molar-refractivity contribution in [2.24, 2.45) is 0 Å². The van der Waals surface area contributed by atoms with Crippen LogP contribution in [0.3, 0.4) is 0 Å². The van der Waals surface area contributed by atoms with Crippen LogP contribution in [0, 0.1) is 0 Å². The zero-order valence-corrected chi connectivity index (χ0v) is 16.9. The number of ether oxygens (including phenoxy) is 2. The summed E-state index contributed by atoms with van der Waals surface area (Å²) >= 11 is -2.01. The lowest BCUT2D eigenvalue weighted by atomic mass is 9.88. The summed E-state index contributed by atoms with van der Waals surface area (Å²) in [7, 11) is 0. The second-order valence-corrected chi connectivity index (χ2v) is 8.51. The van der Waals surface area contributed by atoms with Gasteiger partial charge in [0.25, 0.3) is 0 Å². The predicted octanol–water partition coefficient (Wildman–Crippen LogP) is 3.90. The quantitative estimate of drug-likeness (QED) is 0.608. The summed E-state index contributed by atoms with van der Waals surface area (Å²) in [6.07, 6.45) is 1.90. The SMILES string of the molecule is O=C(Cc1cccc(-c2ccc(S(=O)O)cc2)n1)C1(c2ccc3c(c2)OCO3)CC1. The van der Waals surface area contributed by atoms with E-state index in [1.165, 1.54) is 0 Å². The number of hydrogen-bond donors (Lipinski definition) is 1. The number of aromatic nitrogens is 1. The van der Waals surface area contributed by atoms with Crippen molar-refractivity contribution < 1.29 is 23.0 Å². The molecule has 6 nitrogen and oxygen atoms in total. The van der Waals surface area contributed by atoms with Crippen LogP contribution >= 0.6 is 0 Å². The van der Waals surface area contributed by atoms with E-state index in [9.17, 15) is 9.00 Å². The maximum absolute atomic E-state index is 13.2. The fraction of sp³-hybridized carbons (Fsp3) is 0.217. The summed E-state index contributed by atoms with van der Waals surface area (Å²) in [5.74, 6) is 1.56. The van der Waals surface area contributed by atoms with Crippen LogP contribution in [0.4, 0.5) is 0 Å². The Bertz CT molecular complexity index is 1150. The summed E-state index contributed by atoms with van der Waals surface area (Å²) in [6, 6.07) is 18.1. The molecular formula is C23H19NO5S. The van der Waals surface area contributed by atoms with E-state index in [1.54, 1.807) is 24.3 Å². The first kappa shape index (κ1) is 19.0. The van der Waals surface area contributed by atoms with Gasteiger partial charge in [-0.3, -0.25) is 9.78 Å². The Balaban J connectivity index is 1.36. The highest BCUT2D eigenvalue weighted by atomic mass is 32.2. The van der Waals surface area contributed by atoms with E-state index in [0.29, 0.717) is 22.1 Å². The van der Waals surface area contributed by atoms with Crippen molar-refractivity contribution in [3.63, 3.8) is 0 Å². The monoisotopic (exact) mass is 421 g/mol. The zero-order valence-electron chi connectivity index (χ0n) is 16.0. The van der Waals surface area contributed by atoms with Gasteiger partial charge in [-0.2, -0.15) is 0 Å². The molecule has 7 heteroatoms. The van der Waals surface area contributed by atoms with E-state index >= 15 is 0 Å². The zero-order chi connectivity index (χ0) is 20.7. The normalized spacial score (nSPS) is 16.8. The number of pyridine rings is 1. The Morgan fingerprint density at radius 3 is 2.53 bits per heavy atom. The highest BCUT2D eigenvalue weighted by molar-refractivity contribution is 7.79. The summed E-state index contributed by atoms with van der Waals surface area (Å²) < 4.78 is 31.1. The minimum absolute atomic E-state index is 0.150. The van der Waals surface area contributed by atoms with E-state index in [0.717, 1.165) is 29.7 Å². The highest BCUT2D eigenvalue weighted by Gasteiger charge is 2.50. The number of Topliss-reactive ketones (excluding diaryl/α,β-unsaturated/α-hetero) is 1. The highest BCUT2D eigenvalue weighted by Crippen LogP contribution is 2.51. The number of benzene rings is 2. The molecule has 1 aliphatic heterocycles. The molecule has 1 saturated carbocycles. The molecule has 1 fully saturated rings. The van der Waals surface area contributed by atoms with E-state index < -0.39 is 16.5 Å². The van der Waals surface area contributed by atoms with Crippen molar-refractivity contribution in [2.45, 2.75) is 29.6 Å². The molecule has 1 N–H and O–H groups in total. The number of hydrogen-bond acceptors (Lipinski definition) is 5. The number of ketones is 1. The molecule has 1 aliphatic carbocycles. The molecule has 152 valence electrons. The van der Waals surface area contributed by atoms with Gasteiger partial charge in [-0.25, -0.2) is 4.21 Å². The van der Waals surface area contributed by atoms with Crippen molar-refractivity contribution in [1.29, 1.82) is 0 Å². The number of carbonyl (C=O) groups excluding carboxylic acids is 1. The number of rotatable bonds is 6. The van der Waals surface area contributed by atoms with Crippen LogP contribution < -0.4 is 9.47 Å². The van der Waals surface area contributed by atoms with Crippen LogP contribution in [-0.2, 0) is 27.7 Å². The van der Waals surface area contributed by atoms with Crippen LogP contribution in [0.2, 0.25) is 0 Å². The third-order valence-electron chi connectivity index (χ3n) is 5.71. The molecule has 3 aromatic rings. The fourth-order valence-electron chi connectivity index (χ4n) is 3.86. The van der Waals surface area contributed by atoms with Crippen molar-refractivity contribution in [3.05, 3.63) is 71.9 Å². The third kappa shape index (κ3) is 3.40. The molecular weight excluding hydrogens is 402 g/mol. The molecule has 2 aromatic carbocycles. The van der Waals surface area contributed by atoms with Crippen molar-refractivity contribution in [3.8, 4) is 22.8 Å². The summed E-state index contributed by atoms with van der Waals surface area (Å²) in [6.45, 7) is 0.214. The Kier molecular flexibility index (Phi) is 4.64. The number of nitrogens with zero attached hydrogens (tertiary/aromatic N) is 1. The molecule has 0 bridgehead atoms. The molecule has 0 radical (unpaired) electrons. The fourth-order valence-corrected chi connectivity index (χ4v) is 4.23. The number of carbonyl (C=O) groups is 1. The third-order valence-corrected chi connectivity index (χ3v) is 6.38. The molecule has 5 rings (SSSR count). The van der Waals surface area contributed by atoms with Gasteiger partial charge in [-0.15, -0.1) is 0 Å². The first-order valence-corrected chi connectivity index (χ1v) is 10.8. The Hall–Kier alpha value is -3.03. The molecule has 0 saturated heterocycles. The Labute approximate surface area is 176 Å². The Morgan fingerprint density at radius 1 is 1.03 bits per heavy atom. The lowest BCUT2D eigenvalue weighted by Gasteiger charge is -2.15. The van der Waals surface area contributed by atoms with Gasteiger partial charge in [0.15, 0.2) is 22.6 Å². The molecule has 0 spiro atoms. The smallest absolute Gasteiger partial charge is 0.231 e. The van der Waals surface area contributed by atoms with E-state index in [2.05, 4.69) is 4.98 Å².